The zero-order valence-corrected chi connectivity index (χ0v) is 10.8. The molecule has 0 atom stereocenters. The lowest BCUT2D eigenvalue weighted by Crippen LogP contribution is -2.19. The highest BCUT2D eigenvalue weighted by atomic mass is 79.9. The molecule has 0 bridgehead atoms. The Labute approximate surface area is 101 Å². The third kappa shape index (κ3) is 2.78. The molecular formula is C8H7BrClNO3S. The van der Waals surface area contributed by atoms with E-state index in [1.165, 1.54) is 25.2 Å². The summed E-state index contributed by atoms with van der Waals surface area (Å²) in [6, 6.07) is 4.11. The van der Waals surface area contributed by atoms with E-state index in [1.54, 1.807) is 0 Å². The van der Waals surface area contributed by atoms with Gasteiger partial charge in [-0.2, -0.15) is 0 Å². The maximum atomic E-state index is 11.5. The molecule has 0 amide bonds. The van der Waals surface area contributed by atoms with Gasteiger partial charge >= 0.3 is 0 Å². The molecule has 0 aliphatic heterocycles. The smallest absolute Gasteiger partial charge is 0.252 e. The summed E-state index contributed by atoms with van der Waals surface area (Å²) in [6.45, 7) is 0. The van der Waals surface area contributed by atoms with Crippen LogP contribution in [0.3, 0.4) is 0 Å². The number of sulfonamides is 1. The van der Waals surface area contributed by atoms with Crippen molar-refractivity contribution in [3.05, 3.63) is 28.2 Å². The van der Waals surface area contributed by atoms with Crippen LogP contribution < -0.4 is 4.72 Å². The molecule has 15 heavy (non-hydrogen) atoms. The molecule has 0 aliphatic carbocycles. The van der Waals surface area contributed by atoms with Crippen molar-refractivity contribution in [3.63, 3.8) is 0 Å². The minimum absolute atomic E-state index is 0.0171. The number of nitrogens with one attached hydrogen (secondary N) is 1. The van der Waals surface area contributed by atoms with Crippen LogP contribution in [-0.4, -0.2) is 20.7 Å². The predicted octanol–water partition coefficient (Wildman–Crippen LogP) is 1.74. The molecule has 0 saturated heterocycles. The maximum Gasteiger partial charge on any atom is 0.252 e. The number of hydrogen-bond acceptors (Lipinski definition) is 3. The molecule has 4 nitrogen and oxygen atoms in total. The SMILES string of the molecule is CNS(=O)(=O)c1cc(C(=O)Cl)ccc1Br. The third-order valence-electron chi connectivity index (χ3n) is 1.72. The highest BCUT2D eigenvalue weighted by Gasteiger charge is 2.17. The van der Waals surface area contributed by atoms with Crippen molar-refractivity contribution >= 4 is 42.8 Å². The maximum absolute atomic E-state index is 11.5. The highest BCUT2D eigenvalue weighted by molar-refractivity contribution is 9.10. The van der Waals surface area contributed by atoms with E-state index >= 15 is 0 Å². The molecule has 1 N–H and O–H groups in total. The van der Waals surface area contributed by atoms with Gasteiger partial charge in [0, 0.05) is 10.0 Å². The quantitative estimate of drug-likeness (QED) is 0.865. The summed E-state index contributed by atoms with van der Waals surface area (Å²) in [4.78, 5) is 10.8. The van der Waals surface area contributed by atoms with Gasteiger partial charge < -0.3 is 0 Å². The van der Waals surface area contributed by atoms with Crippen molar-refractivity contribution in [3.8, 4) is 0 Å². The average Bonchev–Trinajstić information content (AvgIpc) is 2.17. The Morgan fingerprint density at radius 3 is 2.53 bits per heavy atom. The normalized spacial score (nSPS) is 11.4. The van der Waals surface area contributed by atoms with Crippen LogP contribution in [0.5, 0.6) is 0 Å². The van der Waals surface area contributed by atoms with Crippen molar-refractivity contribution in [1.82, 2.24) is 4.72 Å². The van der Waals surface area contributed by atoms with Crippen LogP contribution >= 0.6 is 27.5 Å². The van der Waals surface area contributed by atoms with Gasteiger partial charge in [-0.1, -0.05) is 0 Å². The second-order valence-electron chi connectivity index (χ2n) is 2.63. The third-order valence-corrected chi connectivity index (χ3v) is 4.34. The lowest BCUT2D eigenvalue weighted by atomic mass is 10.2. The fraction of sp³-hybridized carbons (Fsp3) is 0.125. The van der Waals surface area contributed by atoms with Gasteiger partial charge in [-0.15, -0.1) is 0 Å². The molecule has 1 aromatic rings. The van der Waals surface area contributed by atoms with E-state index in [4.69, 9.17) is 11.6 Å². The van der Waals surface area contributed by atoms with Crippen LogP contribution in [-0.2, 0) is 10.0 Å². The molecule has 0 radical (unpaired) electrons. The first-order chi connectivity index (χ1) is 6.88. The molecule has 1 aromatic carbocycles. The molecule has 0 saturated carbocycles. The molecule has 0 aromatic heterocycles. The van der Waals surface area contributed by atoms with Crippen molar-refractivity contribution in [2.45, 2.75) is 4.90 Å². The van der Waals surface area contributed by atoms with Gasteiger partial charge in [0.2, 0.25) is 10.0 Å². The lowest BCUT2D eigenvalue weighted by molar-refractivity contribution is 0.108. The minimum atomic E-state index is -3.59. The summed E-state index contributed by atoms with van der Waals surface area (Å²) in [5.74, 6) is 0. The largest absolute Gasteiger partial charge is 0.276 e. The van der Waals surface area contributed by atoms with Gasteiger partial charge in [-0.05, 0) is 52.8 Å². The van der Waals surface area contributed by atoms with Gasteiger partial charge in [0.25, 0.3) is 5.24 Å². The Hall–Kier alpha value is -0.430. The second kappa shape index (κ2) is 4.61. The summed E-state index contributed by atoms with van der Waals surface area (Å²) in [7, 11) is -2.30. The summed E-state index contributed by atoms with van der Waals surface area (Å²) in [6.07, 6.45) is 0. The van der Waals surface area contributed by atoms with Crippen LogP contribution in [0.25, 0.3) is 0 Å². The van der Waals surface area contributed by atoms with Crippen molar-refractivity contribution < 1.29 is 13.2 Å². The Kier molecular flexibility index (Phi) is 3.88. The van der Waals surface area contributed by atoms with Crippen molar-refractivity contribution in [2.24, 2.45) is 0 Å². The molecule has 1 rings (SSSR count). The molecule has 0 aliphatic rings. The molecular weight excluding hydrogens is 306 g/mol. The van der Waals surface area contributed by atoms with E-state index in [9.17, 15) is 13.2 Å². The number of carbonyl (C=O) groups excluding carboxylic acids is 1. The lowest BCUT2D eigenvalue weighted by Gasteiger charge is -2.05. The molecule has 0 spiro atoms. The van der Waals surface area contributed by atoms with Gasteiger partial charge in [0.15, 0.2) is 0 Å². The van der Waals surface area contributed by atoms with Crippen LogP contribution in [0, 0.1) is 0 Å². The monoisotopic (exact) mass is 311 g/mol. The summed E-state index contributed by atoms with van der Waals surface area (Å²) >= 11 is 8.33. The molecule has 0 heterocycles. The number of hydrogen-bond donors (Lipinski definition) is 1. The van der Waals surface area contributed by atoms with Crippen molar-refractivity contribution in [2.75, 3.05) is 7.05 Å². The first-order valence-corrected chi connectivity index (χ1v) is 6.47. The summed E-state index contributed by atoms with van der Waals surface area (Å²) in [5.41, 5.74) is 0.133. The average molecular weight is 313 g/mol. The van der Waals surface area contributed by atoms with Crippen LogP contribution in [0.1, 0.15) is 10.4 Å². The van der Waals surface area contributed by atoms with E-state index in [1.807, 2.05) is 0 Å². The standard InChI is InChI=1S/C8H7BrClNO3S/c1-11-15(13,14)7-4-5(8(10)12)2-3-6(7)9/h2-4,11H,1H3. The van der Waals surface area contributed by atoms with E-state index < -0.39 is 15.3 Å². The number of benzene rings is 1. The van der Waals surface area contributed by atoms with Gasteiger partial charge in [0.1, 0.15) is 0 Å². The molecule has 7 heteroatoms. The van der Waals surface area contributed by atoms with E-state index in [0.717, 1.165) is 0 Å². The Morgan fingerprint density at radius 1 is 1.47 bits per heavy atom. The minimum Gasteiger partial charge on any atom is -0.276 e. The fourth-order valence-corrected chi connectivity index (χ4v) is 2.77. The number of halogens is 2. The van der Waals surface area contributed by atoms with Crippen molar-refractivity contribution in [1.29, 1.82) is 0 Å². The second-order valence-corrected chi connectivity index (χ2v) is 5.68. The van der Waals surface area contributed by atoms with Gasteiger partial charge in [-0.25, -0.2) is 13.1 Å². The zero-order chi connectivity index (χ0) is 11.6. The van der Waals surface area contributed by atoms with Crippen LogP contribution in [0.2, 0.25) is 0 Å². The summed E-state index contributed by atoms with van der Waals surface area (Å²) in [5, 5.41) is -0.699. The first kappa shape index (κ1) is 12.6. The number of carbonyl (C=O) groups is 1. The Morgan fingerprint density at radius 2 is 2.07 bits per heavy atom. The van der Waals surface area contributed by atoms with Gasteiger partial charge in [0.05, 0.1) is 4.90 Å². The Bertz CT molecular complexity index is 501. The van der Waals surface area contributed by atoms with Crippen LogP contribution in [0.15, 0.2) is 27.6 Å². The van der Waals surface area contributed by atoms with E-state index in [-0.39, 0.29) is 10.5 Å². The molecule has 0 fully saturated rings. The first-order valence-electron chi connectivity index (χ1n) is 3.81. The number of rotatable bonds is 3. The summed E-state index contributed by atoms with van der Waals surface area (Å²) < 4.78 is 25.5. The Balaban J connectivity index is 3.42. The molecule has 0 unspecified atom stereocenters. The fourth-order valence-electron chi connectivity index (χ4n) is 0.942. The van der Waals surface area contributed by atoms with Crippen LogP contribution in [0.4, 0.5) is 0 Å². The van der Waals surface area contributed by atoms with E-state index in [0.29, 0.717) is 4.47 Å². The highest BCUT2D eigenvalue weighted by Crippen LogP contribution is 2.23. The van der Waals surface area contributed by atoms with Gasteiger partial charge in [-0.3, -0.25) is 4.79 Å². The predicted molar refractivity (Wildman–Crippen MR) is 60.6 cm³/mol. The topological polar surface area (TPSA) is 63.2 Å². The zero-order valence-electron chi connectivity index (χ0n) is 7.62. The molecule has 82 valence electrons. The van der Waals surface area contributed by atoms with E-state index in [2.05, 4.69) is 20.7 Å².